The van der Waals surface area contributed by atoms with Gasteiger partial charge in [-0.15, -0.1) is 0 Å². The van der Waals surface area contributed by atoms with Crippen LogP contribution >= 0.6 is 0 Å². The van der Waals surface area contributed by atoms with Crippen molar-refractivity contribution in [3.8, 4) is 36.4 Å². The summed E-state index contributed by atoms with van der Waals surface area (Å²) in [5, 5.41) is 57.3. The van der Waals surface area contributed by atoms with Crippen molar-refractivity contribution in [3.05, 3.63) is 100 Å². The van der Waals surface area contributed by atoms with Crippen LogP contribution in [-0.2, 0) is 0 Å². The van der Waals surface area contributed by atoms with Crippen LogP contribution in [0.2, 0.25) is 0 Å². The van der Waals surface area contributed by atoms with Crippen molar-refractivity contribution >= 4 is 65.4 Å². The summed E-state index contributed by atoms with van der Waals surface area (Å²) in [4.78, 5) is 51.8. The van der Waals surface area contributed by atoms with Crippen molar-refractivity contribution in [2.45, 2.75) is 0 Å². The van der Waals surface area contributed by atoms with Gasteiger partial charge in [-0.1, -0.05) is 0 Å². The van der Waals surface area contributed by atoms with E-state index in [1.165, 1.54) is 36.4 Å². The van der Waals surface area contributed by atoms with E-state index in [9.17, 15) is 46.0 Å². The van der Waals surface area contributed by atoms with Crippen molar-refractivity contribution in [3.63, 3.8) is 0 Å². The van der Waals surface area contributed by atoms with Crippen molar-refractivity contribution in [2.24, 2.45) is 0 Å². The van der Waals surface area contributed by atoms with Crippen molar-refractivity contribution in [1.29, 1.82) is 31.6 Å². The second-order valence-electron chi connectivity index (χ2n) is 10.1. The summed E-state index contributed by atoms with van der Waals surface area (Å²) < 4.78 is 0. The summed E-state index contributed by atoms with van der Waals surface area (Å²) in [7, 11) is 0. The summed E-state index contributed by atoms with van der Waals surface area (Å²) in [5.74, 6) is 0. The predicted molar refractivity (Wildman–Crippen MR) is 162 cm³/mol. The molecule has 7 rings (SSSR count). The topological polar surface area (TPSA) is 241 Å². The Morgan fingerprint density at radius 1 is 0.378 bits per heavy atom. The molecule has 4 aromatic carbocycles. The van der Waals surface area contributed by atoms with E-state index >= 15 is 0 Å². The van der Waals surface area contributed by atoms with Gasteiger partial charge in [-0.2, -0.15) is 31.6 Å². The monoisotopic (exact) mass is 579 g/mol. The summed E-state index contributed by atoms with van der Waals surface area (Å²) in [6, 6.07) is 19.1. The molecule has 0 fully saturated rings. The molecule has 0 spiro atoms. The Morgan fingerprint density at radius 2 is 0.600 bits per heavy atom. The third kappa shape index (κ3) is 3.37. The smallest absolute Gasteiger partial charge is 0.199 e. The highest BCUT2D eigenvalue weighted by molar-refractivity contribution is 6.25. The van der Waals surface area contributed by atoms with Crippen molar-refractivity contribution in [1.82, 2.24) is 15.0 Å². The predicted octanol–water partition coefficient (Wildman–Crippen LogP) is 3.90. The highest BCUT2D eigenvalue weighted by Gasteiger charge is 2.23. The summed E-state index contributed by atoms with van der Waals surface area (Å²) >= 11 is 0. The van der Waals surface area contributed by atoms with Gasteiger partial charge in [0.2, 0.25) is 0 Å². The third-order valence-corrected chi connectivity index (χ3v) is 7.89. The van der Waals surface area contributed by atoms with Gasteiger partial charge in [0.05, 0.1) is 82.6 Å². The summed E-state index contributed by atoms with van der Waals surface area (Å²) in [6.07, 6.45) is 0. The summed E-state index contributed by atoms with van der Waals surface area (Å²) in [6.45, 7) is 0. The maximum absolute atomic E-state index is 14.2. The standard InChI is InChI=1S/C33H9N9O3/c34-7-13-1-19-22(4-16(13)10-37)40-28-25(31(19)43)29-27(33(45)20-2-14(8-35)17(11-38)5-23(20)41-29)30-26(28)32(44)21-3-15(9-36)18(12-39)6-24(21)42-30/h1-6H,(H,40,43)(H,41,45)(H,42,44). The van der Waals surface area contributed by atoms with E-state index in [1.54, 1.807) is 0 Å². The van der Waals surface area contributed by atoms with Gasteiger partial charge in [-0.3, -0.25) is 14.4 Å². The van der Waals surface area contributed by atoms with Crippen LogP contribution < -0.4 is 16.3 Å². The zero-order chi connectivity index (χ0) is 31.7. The lowest BCUT2D eigenvalue weighted by Crippen LogP contribution is -2.15. The van der Waals surface area contributed by atoms with Gasteiger partial charge in [0, 0.05) is 16.2 Å². The van der Waals surface area contributed by atoms with Gasteiger partial charge < -0.3 is 15.0 Å². The van der Waals surface area contributed by atoms with E-state index < -0.39 is 16.3 Å². The molecule has 0 aliphatic carbocycles. The number of rotatable bonds is 0. The number of hydrogen-bond donors (Lipinski definition) is 3. The van der Waals surface area contributed by atoms with Crippen LogP contribution in [0.3, 0.4) is 0 Å². The zero-order valence-electron chi connectivity index (χ0n) is 22.4. The molecule has 12 heteroatoms. The first kappa shape index (κ1) is 26.1. The zero-order valence-corrected chi connectivity index (χ0v) is 22.4. The first-order chi connectivity index (χ1) is 21.8. The Morgan fingerprint density at radius 3 is 0.822 bits per heavy atom. The number of aromatic amines is 3. The van der Waals surface area contributed by atoms with Gasteiger partial charge in [0.1, 0.15) is 36.4 Å². The average Bonchev–Trinajstić information content (AvgIpc) is 3.06. The first-order valence-electron chi connectivity index (χ1n) is 12.9. The molecule has 3 aromatic heterocycles. The maximum Gasteiger partial charge on any atom is 0.199 e. The molecule has 0 radical (unpaired) electrons. The average molecular weight is 579 g/mol. The fourth-order valence-electron chi connectivity index (χ4n) is 5.84. The highest BCUT2D eigenvalue weighted by atomic mass is 16.1. The molecule has 0 bridgehead atoms. The maximum atomic E-state index is 14.2. The Labute approximate surface area is 248 Å². The molecular weight excluding hydrogens is 570 g/mol. The van der Waals surface area contributed by atoms with Crippen LogP contribution in [0.4, 0.5) is 0 Å². The molecule has 0 atom stereocenters. The van der Waals surface area contributed by atoms with E-state index in [4.69, 9.17) is 0 Å². The Kier molecular flexibility index (Phi) is 5.30. The van der Waals surface area contributed by atoms with E-state index in [2.05, 4.69) is 15.0 Å². The first-order valence-corrected chi connectivity index (χ1v) is 12.9. The molecule has 0 aliphatic heterocycles. The molecule has 0 saturated carbocycles. The fraction of sp³-hybridized carbons (Fsp3) is 0. The molecule has 45 heavy (non-hydrogen) atoms. The van der Waals surface area contributed by atoms with Gasteiger partial charge in [0.25, 0.3) is 0 Å². The van der Waals surface area contributed by atoms with Crippen LogP contribution in [0.25, 0.3) is 65.4 Å². The number of nitriles is 6. The van der Waals surface area contributed by atoms with Gasteiger partial charge in [0.15, 0.2) is 16.3 Å². The Balaban J connectivity index is 1.87. The molecule has 3 heterocycles. The molecule has 0 aliphatic rings. The molecule has 204 valence electrons. The van der Waals surface area contributed by atoms with Crippen molar-refractivity contribution in [2.75, 3.05) is 0 Å². The lowest BCUT2D eigenvalue weighted by Gasteiger charge is -2.14. The normalized spacial score (nSPS) is 10.8. The number of nitrogens with one attached hydrogen (secondary N) is 3. The largest absolute Gasteiger partial charge is 0.354 e. The van der Waals surface area contributed by atoms with Crippen LogP contribution in [0.15, 0.2) is 50.8 Å². The molecule has 12 nitrogen and oxygen atoms in total. The third-order valence-electron chi connectivity index (χ3n) is 7.89. The second kappa shape index (κ2) is 9.12. The molecule has 0 unspecified atom stereocenters. The number of hydrogen-bond acceptors (Lipinski definition) is 9. The van der Waals surface area contributed by atoms with Crippen LogP contribution in [-0.4, -0.2) is 15.0 Å². The summed E-state index contributed by atoms with van der Waals surface area (Å²) in [5.41, 5.74) is -1.73. The number of nitrogens with zero attached hydrogens (tertiary/aromatic N) is 6. The Bertz CT molecular complexity index is 2710. The molecule has 7 aromatic rings. The number of benzene rings is 4. The van der Waals surface area contributed by atoms with E-state index in [-0.39, 0.29) is 98.8 Å². The molecule has 0 saturated heterocycles. The van der Waals surface area contributed by atoms with E-state index in [0.29, 0.717) is 0 Å². The van der Waals surface area contributed by atoms with Gasteiger partial charge in [-0.05, 0) is 36.4 Å². The van der Waals surface area contributed by atoms with E-state index in [1.807, 2.05) is 36.4 Å². The van der Waals surface area contributed by atoms with Crippen LogP contribution in [0.1, 0.15) is 33.4 Å². The highest BCUT2D eigenvalue weighted by Crippen LogP contribution is 2.32. The minimum Gasteiger partial charge on any atom is -0.354 e. The minimum absolute atomic E-state index is 0.00114. The second-order valence-corrected chi connectivity index (χ2v) is 10.1. The van der Waals surface area contributed by atoms with Crippen LogP contribution in [0.5, 0.6) is 0 Å². The number of pyridine rings is 3. The van der Waals surface area contributed by atoms with Gasteiger partial charge >= 0.3 is 0 Å². The molecule has 3 N–H and O–H groups in total. The lowest BCUT2D eigenvalue weighted by molar-refractivity contribution is 1.40. The van der Waals surface area contributed by atoms with E-state index in [0.717, 1.165) is 0 Å². The SMILES string of the molecule is N#Cc1cc2[nH]c3c4c(=O)c5cc(C#N)c(C#N)cc5[nH]c4c4c(=O)c5cc(C#N)c(C#N)cc5[nH]c4c3c(=O)c2cc1C#N. The van der Waals surface area contributed by atoms with Crippen molar-refractivity contribution < 1.29 is 0 Å². The Hall–Kier alpha value is -7.77. The number of H-pyrrole nitrogens is 3. The molecule has 0 amide bonds. The van der Waals surface area contributed by atoms with Gasteiger partial charge in [-0.25, -0.2) is 0 Å². The minimum atomic E-state index is -0.659. The fourth-order valence-corrected chi connectivity index (χ4v) is 5.84. The van der Waals surface area contributed by atoms with Crippen LogP contribution in [0, 0.1) is 68.0 Å². The lowest BCUT2D eigenvalue weighted by atomic mass is 9.96. The quantitative estimate of drug-likeness (QED) is 0.174. The number of aromatic nitrogens is 3. The number of fused-ring (bicyclic) bond motifs is 9. The molecular formula is C33H9N9O3.